The summed E-state index contributed by atoms with van der Waals surface area (Å²) in [5.41, 5.74) is 5.05. The number of hydrogen-bond acceptors (Lipinski definition) is 2. The lowest BCUT2D eigenvalue weighted by molar-refractivity contribution is 1.64. The monoisotopic (exact) mass is 598 g/mol. The van der Waals surface area contributed by atoms with Gasteiger partial charge >= 0.3 is 0 Å². The van der Waals surface area contributed by atoms with E-state index in [9.17, 15) is 0 Å². The molecule has 5 aromatic carbocycles. The first-order valence-electron chi connectivity index (χ1n) is 11.0. The number of thiophene rings is 2. The molecule has 0 N–H and O–H groups in total. The van der Waals surface area contributed by atoms with Crippen molar-refractivity contribution in [1.29, 1.82) is 0 Å². The van der Waals surface area contributed by atoms with Crippen LogP contribution in [-0.2, 0) is 0 Å². The summed E-state index contributed by atoms with van der Waals surface area (Å²) in [6, 6.07) is 35.3. The normalized spacial score (nSPS) is 11.8. The second-order valence-corrected chi connectivity index (χ2v) is 12.2. The Kier molecular flexibility index (Phi) is 4.92. The van der Waals surface area contributed by atoms with Crippen molar-refractivity contribution in [2.24, 2.45) is 0 Å². The zero-order chi connectivity index (χ0) is 22.8. The highest BCUT2D eigenvalue weighted by Gasteiger charge is 2.16. The number of hydrogen-bond donors (Lipinski definition) is 0. The molecule has 0 aliphatic heterocycles. The number of halogens is 2. The zero-order valence-corrected chi connectivity index (χ0v) is 22.6. The molecule has 0 saturated carbocycles. The van der Waals surface area contributed by atoms with Crippen molar-refractivity contribution < 1.29 is 0 Å². The maximum Gasteiger partial charge on any atom is 0.0366 e. The minimum Gasteiger partial charge on any atom is -0.135 e. The molecule has 0 amide bonds. The van der Waals surface area contributed by atoms with Gasteiger partial charge in [0.2, 0.25) is 0 Å². The third kappa shape index (κ3) is 3.13. The van der Waals surface area contributed by atoms with E-state index in [1.807, 2.05) is 22.7 Å². The first-order valence-corrected chi connectivity index (χ1v) is 14.2. The van der Waals surface area contributed by atoms with E-state index in [4.69, 9.17) is 0 Å². The van der Waals surface area contributed by atoms with Crippen molar-refractivity contribution in [1.82, 2.24) is 0 Å². The summed E-state index contributed by atoms with van der Waals surface area (Å²) in [5.74, 6) is 0. The molecule has 2 heterocycles. The fraction of sp³-hybridized carbons (Fsp3) is 0. The average Bonchev–Trinajstić information content (AvgIpc) is 3.43. The topological polar surface area (TPSA) is 0 Å². The Morgan fingerprint density at radius 2 is 0.794 bits per heavy atom. The third-order valence-corrected chi connectivity index (χ3v) is 9.99. The smallest absolute Gasteiger partial charge is 0.0366 e. The van der Waals surface area contributed by atoms with Crippen molar-refractivity contribution >= 4 is 94.9 Å². The Morgan fingerprint density at radius 3 is 1.26 bits per heavy atom. The molecule has 4 heteroatoms. The number of rotatable bonds is 2. The molecule has 0 nitrogen and oxygen atoms in total. The van der Waals surface area contributed by atoms with Gasteiger partial charge in [0.15, 0.2) is 0 Å². The van der Waals surface area contributed by atoms with Gasteiger partial charge in [0.05, 0.1) is 0 Å². The summed E-state index contributed by atoms with van der Waals surface area (Å²) in [6.45, 7) is 0. The lowest BCUT2D eigenvalue weighted by Gasteiger charge is -2.10. The SMILES string of the molecule is Brc1cccc2sc3cccc(-c4cccc(-c5cccc6sc7cccc(Br)c7c56)c4)c3c12. The summed E-state index contributed by atoms with van der Waals surface area (Å²) in [6.07, 6.45) is 0. The predicted octanol–water partition coefficient (Wildman–Crippen LogP) is 11.3. The van der Waals surface area contributed by atoms with Crippen LogP contribution in [0.2, 0.25) is 0 Å². The maximum absolute atomic E-state index is 3.81. The second kappa shape index (κ2) is 8.03. The summed E-state index contributed by atoms with van der Waals surface area (Å²) in [7, 11) is 0. The minimum atomic E-state index is 1.15. The lowest BCUT2D eigenvalue weighted by atomic mass is 9.94. The molecule has 34 heavy (non-hydrogen) atoms. The quantitative estimate of drug-likeness (QED) is 0.185. The molecule has 0 radical (unpaired) electrons. The van der Waals surface area contributed by atoms with E-state index in [0.29, 0.717) is 0 Å². The molecule has 7 aromatic rings. The Bertz CT molecular complexity index is 1760. The van der Waals surface area contributed by atoms with Crippen molar-refractivity contribution in [3.05, 3.63) is 106 Å². The summed E-state index contributed by atoms with van der Waals surface area (Å²) in [5, 5.41) is 5.26. The summed E-state index contributed by atoms with van der Waals surface area (Å²) in [4.78, 5) is 0. The third-order valence-electron chi connectivity index (χ3n) is 6.43. The molecule has 162 valence electrons. The molecule has 0 aliphatic carbocycles. The fourth-order valence-electron chi connectivity index (χ4n) is 4.98. The van der Waals surface area contributed by atoms with Crippen molar-refractivity contribution in [2.45, 2.75) is 0 Å². The molecule has 0 atom stereocenters. The van der Waals surface area contributed by atoms with Gasteiger partial charge in [0, 0.05) is 49.3 Å². The van der Waals surface area contributed by atoms with Crippen molar-refractivity contribution in [3.8, 4) is 22.3 Å². The Morgan fingerprint density at radius 1 is 0.412 bits per heavy atom. The molecule has 0 bridgehead atoms. The van der Waals surface area contributed by atoms with Crippen LogP contribution in [0.1, 0.15) is 0 Å². The minimum absolute atomic E-state index is 1.15. The van der Waals surface area contributed by atoms with Gasteiger partial charge in [-0.25, -0.2) is 0 Å². The highest BCUT2D eigenvalue weighted by molar-refractivity contribution is 9.11. The molecule has 0 unspecified atom stereocenters. The number of benzene rings is 5. The maximum atomic E-state index is 3.81. The van der Waals surface area contributed by atoms with Crippen LogP contribution >= 0.6 is 54.5 Å². The highest BCUT2D eigenvalue weighted by atomic mass is 79.9. The molecular weight excluding hydrogens is 584 g/mol. The van der Waals surface area contributed by atoms with Gasteiger partial charge < -0.3 is 0 Å². The van der Waals surface area contributed by atoms with Crippen LogP contribution in [0.5, 0.6) is 0 Å². The van der Waals surface area contributed by atoms with Gasteiger partial charge in [-0.15, -0.1) is 22.7 Å². The van der Waals surface area contributed by atoms with Gasteiger partial charge in [-0.1, -0.05) is 86.5 Å². The van der Waals surface area contributed by atoms with E-state index in [1.54, 1.807) is 0 Å². The first kappa shape index (κ1) is 20.8. The highest BCUT2D eigenvalue weighted by Crippen LogP contribution is 2.45. The fourth-order valence-corrected chi connectivity index (χ4v) is 8.69. The van der Waals surface area contributed by atoms with E-state index in [2.05, 4.69) is 129 Å². The summed E-state index contributed by atoms with van der Waals surface area (Å²) < 4.78 is 7.57. The standard InChI is InChI=1S/C30H16Br2S2/c31-21-10-4-14-25-29(21)27-19(8-2-12-23(27)33-25)17-6-1-7-18(16-17)20-9-3-13-24-28(20)30-22(32)11-5-15-26(30)34-24/h1-16H. The molecule has 0 aliphatic rings. The molecule has 7 rings (SSSR count). The van der Waals surface area contributed by atoms with E-state index in [0.717, 1.165) is 8.95 Å². The van der Waals surface area contributed by atoms with Crippen LogP contribution in [0.3, 0.4) is 0 Å². The summed E-state index contributed by atoms with van der Waals surface area (Å²) >= 11 is 11.3. The van der Waals surface area contributed by atoms with Gasteiger partial charge in [0.1, 0.15) is 0 Å². The Balaban J connectivity index is 1.51. The Hall–Kier alpha value is -2.50. The molecule has 0 fully saturated rings. The average molecular weight is 600 g/mol. The van der Waals surface area contributed by atoms with Crippen LogP contribution in [0.25, 0.3) is 62.6 Å². The predicted molar refractivity (Wildman–Crippen MR) is 158 cm³/mol. The molecular formula is C30H16Br2S2. The zero-order valence-electron chi connectivity index (χ0n) is 17.8. The van der Waals surface area contributed by atoms with E-state index < -0.39 is 0 Å². The lowest BCUT2D eigenvalue weighted by Crippen LogP contribution is -1.84. The Labute approximate surface area is 221 Å². The van der Waals surface area contributed by atoms with Crippen molar-refractivity contribution in [3.63, 3.8) is 0 Å². The largest absolute Gasteiger partial charge is 0.135 e. The second-order valence-electron chi connectivity index (χ2n) is 8.37. The first-order chi connectivity index (χ1) is 16.7. The van der Waals surface area contributed by atoms with Gasteiger partial charge in [-0.3, -0.25) is 0 Å². The van der Waals surface area contributed by atoms with E-state index >= 15 is 0 Å². The van der Waals surface area contributed by atoms with Gasteiger partial charge in [0.25, 0.3) is 0 Å². The van der Waals surface area contributed by atoms with E-state index in [-0.39, 0.29) is 0 Å². The van der Waals surface area contributed by atoms with Crippen LogP contribution in [-0.4, -0.2) is 0 Å². The van der Waals surface area contributed by atoms with Crippen LogP contribution in [0.15, 0.2) is 106 Å². The van der Waals surface area contributed by atoms with Gasteiger partial charge in [-0.2, -0.15) is 0 Å². The molecule has 0 saturated heterocycles. The van der Waals surface area contributed by atoms with E-state index in [1.165, 1.54) is 62.6 Å². The number of fused-ring (bicyclic) bond motifs is 6. The molecule has 0 spiro atoms. The van der Waals surface area contributed by atoms with Crippen molar-refractivity contribution in [2.75, 3.05) is 0 Å². The van der Waals surface area contributed by atoms with Crippen LogP contribution in [0, 0.1) is 0 Å². The molecule has 2 aromatic heterocycles. The van der Waals surface area contributed by atoms with Crippen LogP contribution in [0.4, 0.5) is 0 Å². The van der Waals surface area contributed by atoms with Gasteiger partial charge in [-0.05, 0) is 64.7 Å². The van der Waals surface area contributed by atoms with Crippen LogP contribution < -0.4 is 0 Å².